The quantitative estimate of drug-likeness (QED) is 0.838. The van der Waals surface area contributed by atoms with Crippen LogP contribution in [0.25, 0.3) is 0 Å². The lowest BCUT2D eigenvalue weighted by molar-refractivity contribution is 0.0175. The van der Waals surface area contributed by atoms with Crippen LogP contribution in [-0.2, 0) is 11.3 Å². The van der Waals surface area contributed by atoms with Crippen LogP contribution in [0, 0.1) is 0 Å². The summed E-state index contributed by atoms with van der Waals surface area (Å²) in [7, 11) is 1.81. The third kappa shape index (κ3) is 3.83. The van der Waals surface area contributed by atoms with Crippen LogP contribution in [0.15, 0.2) is 22.8 Å². The molecule has 2 atom stereocenters. The van der Waals surface area contributed by atoms with Crippen molar-refractivity contribution in [2.45, 2.75) is 38.5 Å². The SMILES string of the molecule is COC1CCCN(C(C)CNCc2ccco2)C1. The van der Waals surface area contributed by atoms with E-state index in [0.29, 0.717) is 12.1 Å². The molecule has 2 unspecified atom stereocenters. The smallest absolute Gasteiger partial charge is 0.117 e. The molecule has 2 heterocycles. The van der Waals surface area contributed by atoms with Gasteiger partial charge in [0, 0.05) is 26.2 Å². The number of furan rings is 1. The predicted molar refractivity (Wildman–Crippen MR) is 71.5 cm³/mol. The zero-order valence-corrected chi connectivity index (χ0v) is 11.4. The summed E-state index contributed by atoms with van der Waals surface area (Å²) in [5, 5.41) is 3.44. The summed E-state index contributed by atoms with van der Waals surface area (Å²) in [6.45, 7) is 6.30. The van der Waals surface area contributed by atoms with Gasteiger partial charge in [-0.05, 0) is 38.4 Å². The summed E-state index contributed by atoms with van der Waals surface area (Å²) >= 11 is 0. The summed E-state index contributed by atoms with van der Waals surface area (Å²) < 4.78 is 10.8. The molecular formula is C14H24N2O2. The largest absolute Gasteiger partial charge is 0.468 e. The van der Waals surface area contributed by atoms with Crippen LogP contribution >= 0.6 is 0 Å². The first-order valence-electron chi connectivity index (χ1n) is 6.79. The zero-order chi connectivity index (χ0) is 12.8. The molecule has 0 spiro atoms. The maximum absolute atomic E-state index is 5.46. The Morgan fingerprint density at radius 3 is 3.22 bits per heavy atom. The van der Waals surface area contributed by atoms with Crippen LogP contribution in [0.2, 0.25) is 0 Å². The van der Waals surface area contributed by atoms with E-state index in [1.807, 2.05) is 19.2 Å². The molecular weight excluding hydrogens is 228 g/mol. The number of piperidine rings is 1. The number of methoxy groups -OCH3 is 1. The van der Waals surface area contributed by atoms with Crippen molar-refractivity contribution >= 4 is 0 Å². The summed E-state index contributed by atoms with van der Waals surface area (Å²) in [6.07, 6.45) is 4.56. The highest BCUT2D eigenvalue weighted by Crippen LogP contribution is 2.14. The first-order chi connectivity index (χ1) is 8.79. The van der Waals surface area contributed by atoms with Crippen LogP contribution in [0.3, 0.4) is 0 Å². The molecule has 2 rings (SSSR count). The summed E-state index contributed by atoms with van der Waals surface area (Å²) in [5.74, 6) is 0.996. The van der Waals surface area contributed by atoms with Gasteiger partial charge in [0.15, 0.2) is 0 Å². The highest BCUT2D eigenvalue weighted by atomic mass is 16.5. The molecule has 1 saturated heterocycles. The average Bonchev–Trinajstić information content (AvgIpc) is 2.92. The van der Waals surface area contributed by atoms with Crippen molar-refractivity contribution in [1.29, 1.82) is 0 Å². The van der Waals surface area contributed by atoms with Gasteiger partial charge in [-0.2, -0.15) is 0 Å². The normalized spacial score (nSPS) is 23.1. The van der Waals surface area contributed by atoms with Crippen LogP contribution in [0.1, 0.15) is 25.5 Å². The number of hydrogen-bond donors (Lipinski definition) is 1. The third-order valence-corrected chi connectivity index (χ3v) is 3.69. The minimum absolute atomic E-state index is 0.409. The number of rotatable bonds is 6. The molecule has 0 bridgehead atoms. The van der Waals surface area contributed by atoms with E-state index >= 15 is 0 Å². The van der Waals surface area contributed by atoms with E-state index in [4.69, 9.17) is 9.15 Å². The molecule has 0 aromatic carbocycles. The van der Waals surface area contributed by atoms with Crippen molar-refractivity contribution in [3.8, 4) is 0 Å². The second-order valence-corrected chi connectivity index (χ2v) is 5.05. The highest BCUT2D eigenvalue weighted by molar-refractivity contribution is 4.97. The van der Waals surface area contributed by atoms with E-state index in [9.17, 15) is 0 Å². The van der Waals surface area contributed by atoms with E-state index < -0.39 is 0 Å². The van der Waals surface area contributed by atoms with Gasteiger partial charge in [-0.15, -0.1) is 0 Å². The fraction of sp³-hybridized carbons (Fsp3) is 0.714. The van der Waals surface area contributed by atoms with Gasteiger partial charge in [0.1, 0.15) is 5.76 Å². The van der Waals surface area contributed by atoms with Gasteiger partial charge in [-0.25, -0.2) is 0 Å². The van der Waals surface area contributed by atoms with Crippen molar-refractivity contribution < 1.29 is 9.15 Å². The summed E-state index contributed by atoms with van der Waals surface area (Å²) in [5.41, 5.74) is 0. The molecule has 1 fully saturated rings. The Balaban J connectivity index is 1.68. The number of nitrogens with zero attached hydrogens (tertiary/aromatic N) is 1. The van der Waals surface area contributed by atoms with Crippen LogP contribution in [0.4, 0.5) is 0 Å². The molecule has 0 aliphatic carbocycles. The van der Waals surface area contributed by atoms with Gasteiger partial charge < -0.3 is 14.5 Å². The molecule has 1 aromatic rings. The average molecular weight is 252 g/mol. The minimum Gasteiger partial charge on any atom is -0.468 e. The molecule has 0 radical (unpaired) electrons. The first kappa shape index (κ1) is 13.6. The van der Waals surface area contributed by atoms with E-state index in [1.165, 1.54) is 19.4 Å². The molecule has 1 aliphatic heterocycles. The van der Waals surface area contributed by atoms with Crippen LogP contribution in [-0.4, -0.2) is 43.8 Å². The molecule has 1 aromatic heterocycles. The topological polar surface area (TPSA) is 37.6 Å². The molecule has 1 aliphatic rings. The van der Waals surface area contributed by atoms with Crippen molar-refractivity contribution in [2.75, 3.05) is 26.7 Å². The number of nitrogens with one attached hydrogen (secondary N) is 1. The van der Waals surface area contributed by atoms with E-state index in [-0.39, 0.29) is 0 Å². The molecule has 0 amide bonds. The standard InChI is InChI=1S/C14H24N2O2/c1-12(9-15-10-13-6-4-8-18-13)16-7-3-5-14(11-16)17-2/h4,6,8,12,14-15H,3,5,7,9-11H2,1-2H3. The van der Waals surface area contributed by atoms with Crippen molar-refractivity contribution in [3.63, 3.8) is 0 Å². The second kappa shape index (κ2) is 6.92. The molecule has 18 heavy (non-hydrogen) atoms. The van der Waals surface area contributed by atoms with Crippen molar-refractivity contribution in [2.24, 2.45) is 0 Å². The molecule has 102 valence electrons. The van der Waals surface area contributed by atoms with Gasteiger partial charge in [0.25, 0.3) is 0 Å². The Bertz CT molecular complexity index is 327. The Kier molecular flexibility index (Phi) is 5.23. The number of likely N-dealkylation sites (tertiary alicyclic amines) is 1. The maximum atomic E-state index is 5.46. The van der Waals surface area contributed by atoms with E-state index in [1.54, 1.807) is 6.26 Å². The first-order valence-corrected chi connectivity index (χ1v) is 6.79. The van der Waals surface area contributed by atoms with Crippen LogP contribution in [0.5, 0.6) is 0 Å². The Morgan fingerprint density at radius 2 is 2.50 bits per heavy atom. The molecule has 4 nitrogen and oxygen atoms in total. The number of ether oxygens (including phenoxy) is 1. The zero-order valence-electron chi connectivity index (χ0n) is 11.4. The van der Waals surface area contributed by atoms with Crippen molar-refractivity contribution in [3.05, 3.63) is 24.2 Å². The summed E-state index contributed by atoms with van der Waals surface area (Å²) in [6, 6.07) is 4.46. The van der Waals surface area contributed by atoms with Crippen LogP contribution < -0.4 is 5.32 Å². The van der Waals surface area contributed by atoms with Gasteiger partial charge in [-0.1, -0.05) is 0 Å². The van der Waals surface area contributed by atoms with Crippen molar-refractivity contribution in [1.82, 2.24) is 10.2 Å². The Hall–Kier alpha value is -0.840. The molecule has 4 heteroatoms. The van der Waals surface area contributed by atoms with Gasteiger partial charge >= 0.3 is 0 Å². The second-order valence-electron chi connectivity index (χ2n) is 5.05. The monoisotopic (exact) mass is 252 g/mol. The van der Waals surface area contributed by atoms with Gasteiger partial charge in [0.05, 0.1) is 18.9 Å². The lowest BCUT2D eigenvalue weighted by Crippen LogP contribution is -2.47. The fourth-order valence-corrected chi connectivity index (χ4v) is 2.51. The lowest BCUT2D eigenvalue weighted by Gasteiger charge is -2.36. The summed E-state index contributed by atoms with van der Waals surface area (Å²) in [4.78, 5) is 2.51. The molecule has 1 N–H and O–H groups in total. The lowest BCUT2D eigenvalue weighted by atomic mass is 10.1. The van der Waals surface area contributed by atoms with Gasteiger partial charge in [-0.3, -0.25) is 4.90 Å². The predicted octanol–water partition coefficient (Wildman–Crippen LogP) is 1.87. The Morgan fingerprint density at radius 1 is 1.61 bits per heavy atom. The third-order valence-electron chi connectivity index (χ3n) is 3.69. The number of hydrogen-bond acceptors (Lipinski definition) is 4. The van der Waals surface area contributed by atoms with E-state index in [2.05, 4.69) is 17.1 Å². The molecule has 0 saturated carbocycles. The maximum Gasteiger partial charge on any atom is 0.117 e. The fourth-order valence-electron chi connectivity index (χ4n) is 2.51. The van der Waals surface area contributed by atoms with E-state index in [0.717, 1.165) is 25.4 Å². The Labute approximate surface area is 109 Å². The van der Waals surface area contributed by atoms with Gasteiger partial charge in [0.2, 0.25) is 0 Å². The highest BCUT2D eigenvalue weighted by Gasteiger charge is 2.22. The minimum atomic E-state index is 0.409.